The Morgan fingerprint density at radius 3 is 1.94 bits per heavy atom. The van der Waals surface area contributed by atoms with E-state index in [9.17, 15) is 17.6 Å². The largest absolute Gasteiger partial charge is 0.321 e. The van der Waals surface area contributed by atoms with E-state index >= 15 is 0 Å². The van der Waals surface area contributed by atoms with Crippen LogP contribution in [-0.4, -0.2) is 14.3 Å². The van der Waals surface area contributed by atoms with Gasteiger partial charge in [-0.1, -0.05) is 72.8 Å². The Hall–Kier alpha value is -3.33. The summed E-state index contributed by atoms with van der Waals surface area (Å²) in [5, 5.41) is 2.60. The van der Waals surface area contributed by atoms with Crippen LogP contribution in [0.3, 0.4) is 0 Å². The molecule has 0 bridgehead atoms. The number of rotatable bonds is 7. The predicted octanol–water partition coefficient (Wildman–Crippen LogP) is 5.91. The predicted molar refractivity (Wildman–Crippen MR) is 134 cm³/mol. The minimum atomic E-state index is -4.12. The normalized spacial score (nSPS) is 11.4. The minimum absolute atomic E-state index is 0.219. The molecule has 172 valence electrons. The first-order valence-electron chi connectivity index (χ1n) is 10.3. The molecule has 0 aliphatic carbocycles. The van der Waals surface area contributed by atoms with Gasteiger partial charge in [-0.25, -0.2) is 12.8 Å². The Balaban J connectivity index is 1.66. The molecule has 4 rings (SSSR count). The fraction of sp³-hybridized carbons (Fsp3) is 0.0385. The molecule has 0 saturated carbocycles. The molecule has 0 saturated heterocycles. The van der Waals surface area contributed by atoms with Gasteiger partial charge in [-0.3, -0.25) is 4.79 Å². The number of amides is 1. The summed E-state index contributed by atoms with van der Waals surface area (Å²) in [6.45, 7) is 0. The molecule has 0 aliphatic rings. The number of carbonyl (C=O) groups excluding carboxylic acids is 1. The van der Waals surface area contributed by atoms with Crippen LogP contribution in [0.25, 0.3) is 0 Å². The SMILES string of the molecule is O=C(Nc1ccccc1Br)c1cc(S(=O)(=O)NC(c2ccccc2)c2ccccc2)ccc1F. The highest BCUT2D eigenvalue weighted by Gasteiger charge is 2.25. The Labute approximate surface area is 205 Å². The molecule has 0 unspecified atom stereocenters. The molecular formula is C26H20BrFN2O3S. The second-order valence-corrected chi connectivity index (χ2v) is 10.0. The quantitative estimate of drug-likeness (QED) is 0.307. The standard InChI is InChI=1S/C26H20BrFN2O3S/c27-22-13-7-8-14-24(22)29-26(31)21-17-20(15-16-23(21)28)34(32,33)30-25(18-9-3-1-4-10-18)19-11-5-2-6-12-19/h1-17,25,30H,(H,29,31). The van der Waals surface area contributed by atoms with Gasteiger partial charge in [-0.2, -0.15) is 4.72 Å². The number of para-hydroxylation sites is 1. The van der Waals surface area contributed by atoms with Crippen LogP contribution in [0.2, 0.25) is 0 Å². The third kappa shape index (κ3) is 5.41. The van der Waals surface area contributed by atoms with Gasteiger partial charge in [0.2, 0.25) is 10.0 Å². The van der Waals surface area contributed by atoms with Crippen LogP contribution in [-0.2, 0) is 10.0 Å². The maximum atomic E-state index is 14.5. The van der Waals surface area contributed by atoms with Gasteiger partial charge in [0.1, 0.15) is 5.82 Å². The van der Waals surface area contributed by atoms with E-state index in [0.717, 1.165) is 29.3 Å². The highest BCUT2D eigenvalue weighted by Crippen LogP contribution is 2.26. The van der Waals surface area contributed by atoms with Crippen molar-refractivity contribution in [2.45, 2.75) is 10.9 Å². The number of sulfonamides is 1. The molecule has 0 aliphatic heterocycles. The van der Waals surface area contributed by atoms with Crippen LogP contribution in [0.1, 0.15) is 27.5 Å². The number of hydrogen-bond acceptors (Lipinski definition) is 3. The van der Waals surface area contributed by atoms with Gasteiger partial charge in [0.25, 0.3) is 5.91 Å². The van der Waals surface area contributed by atoms with Gasteiger partial charge in [0.05, 0.1) is 22.2 Å². The summed E-state index contributed by atoms with van der Waals surface area (Å²) >= 11 is 3.32. The molecule has 0 radical (unpaired) electrons. The van der Waals surface area contributed by atoms with Crippen molar-refractivity contribution in [3.05, 3.63) is 130 Å². The summed E-state index contributed by atoms with van der Waals surface area (Å²) < 4.78 is 44.5. The first-order chi connectivity index (χ1) is 16.3. The van der Waals surface area contributed by atoms with Crippen molar-refractivity contribution in [3.63, 3.8) is 0 Å². The number of carbonyl (C=O) groups is 1. The van der Waals surface area contributed by atoms with Gasteiger partial charge < -0.3 is 5.32 Å². The lowest BCUT2D eigenvalue weighted by Crippen LogP contribution is -2.30. The van der Waals surface area contributed by atoms with Crippen molar-refractivity contribution in [2.24, 2.45) is 0 Å². The van der Waals surface area contributed by atoms with Crippen LogP contribution < -0.4 is 10.0 Å². The maximum absolute atomic E-state index is 14.5. The average molecular weight is 539 g/mol. The maximum Gasteiger partial charge on any atom is 0.258 e. The van der Waals surface area contributed by atoms with E-state index in [-0.39, 0.29) is 10.5 Å². The lowest BCUT2D eigenvalue weighted by Gasteiger charge is -2.20. The fourth-order valence-corrected chi connectivity index (χ4v) is 5.06. The molecule has 0 spiro atoms. The first kappa shape index (κ1) is 23.8. The molecule has 1 amide bonds. The smallest absolute Gasteiger partial charge is 0.258 e. The van der Waals surface area contributed by atoms with Crippen molar-refractivity contribution in [3.8, 4) is 0 Å². The summed E-state index contributed by atoms with van der Waals surface area (Å²) in [7, 11) is -4.12. The van der Waals surface area contributed by atoms with E-state index in [4.69, 9.17) is 0 Å². The van der Waals surface area contributed by atoms with Gasteiger partial charge in [-0.15, -0.1) is 0 Å². The van der Waals surface area contributed by atoms with E-state index < -0.39 is 27.8 Å². The summed E-state index contributed by atoms with van der Waals surface area (Å²) in [4.78, 5) is 12.5. The van der Waals surface area contributed by atoms with Gasteiger partial charge in [0, 0.05) is 4.47 Å². The summed E-state index contributed by atoms with van der Waals surface area (Å²) in [6, 6.07) is 27.6. The molecule has 4 aromatic carbocycles. The molecule has 0 heterocycles. The molecule has 0 atom stereocenters. The minimum Gasteiger partial charge on any atom is -0.321 e. The Kier molecular flexibility index (Phi) is 7.21. The summed E-state index contributed by atoms with van der Waals surface area (Å²) in [5.74, 6) is -1.59. The van der Waals surface area contributed by atoms with Crippen LogP contribution in [0.5, 0.6) is 0 Å². The average Bonchev–Trinajstić information content (AvgIpc) is 2.85. The van der Waals surface area contributed by atoms with Crippen molar-refractivity contribution in [2.75, 3.05) is 5.32 Å². The Morgan fingerprint density at radius 1 is 0.794 bits per heavy atom. The number of benzene rings is 4. The molecule has 0 fully saturated rings. The molecule has 34 heavy (non-hydrogen) atoms. The molecule has 2 N–H and O–H groups in total. The van der Waals surface area contributed by atoms with Crippen LogP contribution >= 0.6 is 15.9 Å². The third-order valence-corrected chi connectivity index (χ3v) is 7.27. The van der Waals surface area contributed by atoms with Crippen LogP contribution in [0.4, 0.5) is 10.1 Å². The molecule has 0 aromatic heterocycles. The molecule has 5 nitrogen and oxygen atoms in total. The van der Waals surface area contributed by atoms with Crippen molar-refractivity contribution >= 4 is 37.5 Å². The monoisotopic (exact) mass is 538 g/mol. The highest BCUT2D eigenvalue weighted by molar-refractivity contribution is 9.10. The number of nitrogens with one attached hydrogen (secondary N) is 2. The number of halogens is 2. The van der Waals surface area contributed by atoms with E-state index in [1.54, 1.807) is 24.3 Å². The summed E-state index contributed by atoms with van der Waals surface area (Å²) in [6.07, 6.45) is 0. The van der Waals surface area contributed by atoms with E-state index in [1.165, 1.54) is 0 Å². The van der Waals surface area contributed by atoms with Crippen molar-refractivity contribution < 1.29 is 17.6 Å². The van der Waals surface area contributed by atoms with Gasteiger partial charge >= 0.3 is 0 Å². The van der Waals surface area contributed by atoms with Crippen molar-refractivity contribution in [1.82, 2.24) is 4.72 Å². The summed E-state index contributed by atoms with van der Waals surface area (Å²) in [5.41, 5.74) is 1.54. The topological polar surface area (TPSA) is 75.3 Å². The Bertz CT molecular complexity index is 1380. The molecule has 8 heteroatoms. The third-order valence-electron chi connectivity index (χ3n) is 5.15. The zero-order valence-corrected chi connectivity index (χ0v) is 20.2. The lowest BCUT2D eigenvalue weighted by atomic mass is 10.00. The second kappa shape index (κ2) is 10.3. The second-order valence-electron chi connectivity index (χ2n) is 7.45. The van der Waals surface area contributed by atoms with Crippen molar-refractivity contribution in [1.29, 1.82) is 0 Å². The zero-order chi connectivity index (χ0) is 24.1. The first-order valence-corrected chi connectivity index (χ1v) is 12.6. The van der Waals surface area contributed by atoms with Gasteiger partial charge in [0.15, 0.2) is 0 Å². The molecular weight excluding hydrogens is 519 g/mol. The van der Waals surface area contributed by atoms with Crippen LogP contribution in [0.15, 0.2) is 112 Å². The zero-order valence-electron chi connectivity index (χ0n) is 17.8. The number of anilines is 1. The van der Waals surface area contributed by atoms with Crippen LogP contribution in [0, 0.1) is 5.82 Å². The van der Waals surface area contributed by atoms with E-state index in [2.05, 4.69) is 26.0 Å². The van der Waals surface area contributed by atoms with E-state index in [0.29, 0.717) is 10.2 Å². The van der Waals surface area contributed by atoms with Gasteiger partial charge in [-0.05, 0) is 57.4 Å². The lowest BCUT2D eigenvalue weighted by molar-refractivity contribution is 0.102. The van der Waals surface area contributed by atoms with E-state index in [1.807, 2.05) is 60.7 Å². The Morgan fingerprint density at radius 2 is 1.35 bits per heavy atom. The number of hydrogen-bond donors (Lipinski definition) is 2. The molecule has 4 aromatic rings. The fourth-order valence-electron chi connectivity index (χ4n) is 3.44. The highest BCUT2D eigenvalue weighted by atomic mass is 79.9.